The van der Waals surface area contributed by atoms with Crippen molar-refractivity contribution >= 4 is 39.4 Å². The first-order valence-electron chi connectivity index (χ1n) is 19.1. The molecule has 3 aliphatic rings. The number of sulfone groups is 1. The van der Waals surface area contributed by atoms with Crippen LogP contribution in [0.3, 0.4) is 0 Å². The van der Waals surface area contributed by atoms with Crippen LogP contribution in [0.1, 0.15) is 144 Å². The minimum absolute atomic E-state index is 0.0367. The number of terminal acetylenes is 1. The molecular formula is C38H63N5O7S. The molecule has 0 aromatic carbocycles. The van der Waals surface area contributed by atoms with Gasteiger partial charge < -0.3 is 26.2 Å². The molecule has 1 unspecified atom stereocenters. The van der Waals surface area contributed by atoms with E-state index in [1.54, 1.807) is 20.8 Å². The summed E-state index contributed by atoms with van der Waals surface area (Å²) in [5.41, 5.74) is -1.58. The zero-order valence-corrected chi connectivity index (χ0v) is 32.6. The molecule has 0 saturated heterocycles. The van der Waals surface area contributed by atoms with Crippen molar-refractivity contribution in [3.8, 4) is 12.3 Å². The van der Waals surface area contributed by atoms with Gasteiger partial charge >= 0.3 is 6.03 Å². The molecule has 51 heavy (non-hydrogen) atoms. The Morgan fingerprint density at radius 3 is 2.06 bits per heavy atom. The molecule has 3 fully saturated rings. The first kappa shape index (κ1) is 42.3. The highest BCUT2D eigenvalue weighted by atomic mass is 32.2. The van der Waals surface area contributed by atoms with Gasteiger partial charge in [0.2, 0.25) is 17.6 Å². The fourth-order valence-corrected chi connectivity index (χ4v) is 9.30. The van der Waals surface area contributed by atoms with Crippen LogP contribution in [0.25, 0.3) is 0 Å². The Hall–Kier alpha value is -3.14. The van der Waals surface area contributed by atoms with Crippen LogP contribution in [0.15, 0.2) is 0 Å². The van der Waals surface area contributed by atoms with Crippen molar-refractivity contribution in [2.75, 3.05) is 12.3 Å². The minimum Gasteiger partial charge on any atom is -0.347 e. The summed E-state index contributed by atoms with van der Waals surface area (Å²) < 4.78 is 26.3. The van der Waals surface area contributed by atoms with E-state index in [0.717, 1.165) is 51.4 Å². The van der Waals surface area contributed by atoms with E-state index in [0.29, 0.717) is 38.5 Å². The number of ketones is 1. The maximum atomic E-state index is 14.7. The summed E-state index contributed by atoms with van der Waals surface area (Å²) in [4.78, 5) is 69.5. The molecule has 0 bridgehead atoms. The van der Waals surface area contributed by atoms with E-state index in [9.17, 15) is 32.4 Å². The number of Topliss-reactive ketones (excluding diaryl/α,β-unsaturated/α-hetero) is 1. The molecule has 12 nitrogen and oxygen atoms in total. The summed E-state index contributed by atoms with van der Waals surface area (Å²) in [6, 6.07) is -3.81. The van der Waals surface area contributed by atoms with Crippen LogP contribution in [0.5, 0.6) is 0 Å². The molecule has 0 spiro atoms. The number of amides is 5. The van der Waals surface area contributed by atoms with Crippen molar-refractivity contribution in [2.24, 2.45) is 5.41 Å². The topological polar surface area (TPSA) is 171 Å². The van der Waals surface area contributed by atoms with Crippen molar-refractivity contribution < 1.29 is 32.4 Å². The molecule has 3 aliphatic carbocycles. The zero-order valence-electron chi connectivity index (χ0n) is 31.8. The van der Waals surface area contributed by atoms with Gasteiger partial charge in [0.05, 0.1) is 22.1 Å². The molecule has 5 amide bonds. The van der Waals surface area contributed by atoms with E-state index in [2.05, 4.69) is 27.2 Å². The quantitative estimate of drug-likeness (QED) is 0.120. The summed E-state index contributed by atoms with van der Waals surface area (Å²) in [7, 11) is -3.59. The van der Waals surface area contributed by atoms with Gasteiger partial charge in [0.1, 0.15) is 12.1 Å². The molecule has 3 saturated carbocycles. The Balaban J connectivity index is 1.88. The number of carbonyl (C=O) groups excluding carboxylic acids is 5. The highest BCUT2D eigenvalue weighted by Gasteiger charge is 2.47. The lowest BCUT2D eigenvalue weighted by atomic mass is 9.70. The number of hydrogen-bond donors (Lipinski definition) is 4. The average Bonchev–Trinajstić information content (AvgIpc) is 3.91. The smallest absolute Gasteiger partial charge is 0.315 e. The summed E-state index contributed by atoms with van der Waals surface area (Å²) >= 11 is 0. The van der Waals surface area contributed by atoms with Crippen LogP contribution in [0, 0.1) is 17.8 Å². The van der Waals surface area contributed by atoms with E-state index in [4.69, 9.17) is 6.42 Å². The van der Waals surface area contributed by atoms with Crippen molar-refractivity contribution in [1.82, 2.24) is 26.2 Å². The number of rotatable bonds is 18. The molecular weight excluding hydrogens is 671 g/mol. The normalized spacial score (nSPS) is 20.4. The van der Waals surface area contributed by atoms with Gasteiger partial charge in [0.15, 0.2) is 9.84 Å². The third-order valence-corrected chi connectivity index (χ3v) is 14.4. The third kappa shape index (κ3) is 11.2. The molecule has 288 valence electrons. The zero-order chi connectivity index (χ0) is 38.0. The molecule has 13 heteroatoms. The summed E-state index contributed by atoms with van der Waals surface area (Å²) in [6.07, 6.45) is 16.0. The largest absolute Gasteiger partial charge is 0.347 e. The Morgan fingerprint density at radius 1 is 0.941 bits per heavy atom. The van der Waals surface area contributed by atoms with E-state index < -0.39 is 73.2 Å². The van der Waals surface area contributed by atoms with Crippen LogP contribution in [0.4, 0.5) is 4.79 Å². The molecule has 3 atom stereocenters. The maximum Gasteiger partial charge on any atom is 0.315 e. The second-order valence-electron chi connectivity index (χ2n) is 16.1. The Morgan fingerprint density at radius 2 is 1.53 bits per heavy atom. The first-order valence-corrected chi connectivity index (χ1v) is 20.8. The van der Waals surface area contributed by atoms with Crippen LogP contribution in [0.2, 0.25) is 0 Å². The number of hydrogen-bond acceptors (Lipinski definition) is 7. The molecule has 0 radical (unpaired) electrons. The van der Waals surface area contributed by atoms with Gasteiger partial charge in [-0.1, -0.05) is 59.3 Å². The van der Waals surface area contributed by atoms with Crippen molar-refractivity contribution in [2.45, 2.75) is 179 Å². The van der Waals surface area contributed by atoms with Crippen LogP contribution < -0.4 is 21.3 Å². The lowest BCUT2D eigenvalue weighted by Gasteiger charge is -2.44. The van der Waals surface area contributed by atoms with Crippen LogP contribution >= 0.6 is 0 Å². The maximum absolute atomic E-state index is 14.7. The Bertz CT molecular complexity index is 1410. The summed E-state index contributed by atoms with van der Waals surface area (Å²) in [5, 5.41) is 11.4. The second-order valence-corrected chi connectivity index (χ2v) is 18.7. The van der Waals surface area contributed by atoms with Gasteiger partial charge in [-0.05, 0) is 84.0 Å². The molecule has 0 heterocycles. The Kier molecular flexibility index (Phi) is 15.0. The fourth-order valence-electron chi connectivity index (χ4n) is 7.38. The standard InChI is InChI=1S/C38H63N5O7S/c1-8-11-18-29(30(44)33(46)39-28-19-20-28)40-32(45)27(4)43(25-9-2)34(47)31(37(7)21-14-12-15-22-37)41-35(48)42-38(23-16-13-17-24-38)26-51(49,50)36(5,6)10-3/h1,27-29,31H,9-26H2,2-7H3,(H,39,46)(H,40,45)(H2,41,42,48)/t27-,29?,31+/m0/s1. The summed E-state index contributed by atoms with van der Waals surface area (Å²) in [6.45, 7) is 10.9. The van der Waals surface area contributed by atoms with E-state index >= 15 is 0 Å². The van der Waals surface area contributed by atoms with Crippen LogP contribution in [-0.2, 0) is 29.0 Å². The molecule has 0 aromatic heterocycles. The summed E-state index contributed by atoms with van der Waals surface area (Å²) in [5.74, 6) is -0.294. The number of nitrogens with one attached hydrogen (secondary N) is 4. The van der Waals surface area contributed by atoms with Gasteiger partial charge in [0.25, 0.3) is 5.91 Å². The Labute approximate surface area is 306 Å². The van der Waals surface area contributed by atoms with Crippen LogP contribution in [-0.4, -0.2) is 89.6 Å². The first-order chi connectivity index (χ1) is 23.9. The van der Waals surface area contributed by atoms with Crippen molar-refractivity contribution in [1.29, 1.82) is 0 Å². The molecule has 0 aromatic rings. The third-order valence-electron chi connectivity index (χ3n) is 11.5. The number of carbonyl (C=O) groups is 5. The number of nitrogens with zero attached hydrogens (tertiary/aromatic N) is 1. The molecule has 3 rings (SSSR count). The number of urea groups is 1. The fraction of sp³-hybridized carbons (Fsp3) is 0.816. The van der Waals surface area contributed by atoms with Crippen molar-refractivity contribution in [3.63, 3.8) is 0 Å². The van der Waals surface area contributed by atoms with E-state index in [1.165, 1.54) is 4.90 Å². The van der Waals surface area contributed by atoms with Gasteiger partial charge in [-0.3, -0.25) is 19.2 Å². The van der Waals surface area contributed by atoms with Gasteiger partial charge in [-0.2, -0.15) is 0 Å². The van der Waals surface area contributed by atoms with E-state index in [-0.39, 0.29) is 31.2 Å². The van der Waals surface area contributed by atoms with Gasteiger partial charge in [0, 0.05) is 19.0 Å². The van der Waals surface area contributed by atoms with E-state index in [1.807, 2.05) is 20.8 Å². The lowest BCUT2D eigenvalue weighted by Crippen LogP contribution is -2.65. The molecule has 4 N–H and O–H groups in total. The monoisotopic (exact) mass is 733 g/mol. The average molecular weight is 734 g/mol. The highest BCUT2D eigenvalue weighted by molar-refractivity contribution is 7.92. The van der Waals surface area contributed by atoms with Gasteiger partial charge in [-0.15, -0.1) is 12.3 Å². The SMILES string of the molecule is C#CCCC(NC(=O)[C@H](C)N(CCC)C(=O)[C@@H](NC(=O)NC1(CS(=O)(=O)C(C)(C)CC)CCCCC1)C1(C)CCCCC1)C(=O)C(=O)NC1CC1. The predicted molar refractivity (Wildman–Crippen MR) is 198 cm³/mol. The second kappa shape index (κ2) is 18.1. The van der Waals surface area contributed by atoms with Gasteiger partial charge in [-0.25, -0.2) is 13.2 Å². The molecule has 0 aliphatic heterocycles. The predicted octanol–water partition coefficient (Wildman–Crippen LogP) is 4.30. The highest BCUT2D eigenvalue weighted by Crippen LogP contribution is 2.40. The van der Waals surface area contributed by atoms with Crippen molar-refractivity contribution in [3.05, 3.63) is 0 Å². The minimum atomic E-state index is -3.59. The lowest BCUT2D eigenvalue weighted by molar-refractivity contribution is -0.145.